The van der Waals surface area contributed by atoms with E-state index in [9.17, 15) is 4.79 Å². The lowest BCUT2D eigenvalue weighted by Gasteiger charge is -2.41. The monoisotopic (exact) mass is 322 g/mol. The molecule has 4 unspecified atom stereocenters. The second kappa shape index (κ2) is 4.22. The molecule has 0 aromatic carbocycles. The maximum Gasteiger partial charge on any atom is 0.306 e. The zero-order valence-electron chi connectivity index (χ0n) is 9.46. The Bertz CT molecular complexity index is 266. The van der Waals surface area contributed by atoms with Crippen LogP contribution in [0, 0.1) is 17.3 Å². The van der Waals surface area contributed by atoms with Crippen LogP contribution in [0.15, 0.2) is 0 Å². The molecule has 0 amide bonds. The van der Waals surface area contributed by atoms with Crippen molar-refractivity contribution < 1.29 is 9.53 Å². The smallest absolute Gasteiger partial charge is 0.306 e. The number of cyclic esters (lactones) is 1. The van der Waals surface area contributed by atoms with Gasteiger partial charge in [0, 0.05) is 9.84 Å². The summed E-state index contributed by atoms with van der Waals surface area (Å²) in [7, 11) is 0. The van der Waals surface area contributed by atoms with Crippen LogP contribution in [-0.4, -0.2) is 16.5 Å². The van der Waals surface area contributed by atoms with Crippen LogP contribution in [0.3, 0.4) is 0 Å². The SMILES string of the molecule is CC1CCC2(CC(=O)OC2CI)CC1C. The number of alkyl halides is 1. The van der Waals surface area contributed by atoms with Gasteiger partial charge in [-0.15, -0.1) is 0 Å². The van der Waals surface area contributed by atoms with E-state index in [0.29, 0.717) is 6.42 Å². The van der Waals surface area contributed by atoms with Crippen LogP contribution < -0.4 is 0 Å². The van der Waals surface area contributed by atoms with Crippen LogP contribution in [0.4, 0.5) is 0 Å². The second-order valence-corrected chi connectivity index (χ2v) is 6.25. The molecular formula is C12H19IO2. The minimum Gasteiger partial charge on any atom is -0.461 e. The van der Waals surface area contributed by atoms with Crippen molar-refractivity contribution in [2.24, 2.45) is 17.3 Å². The van der Waals surface area contributed by atoms with Crippen LogP contribution in [0.2, 0.25) is 0 Å². The molecule has 1 aliphatic heterocycles. The third-order valence-corrected chi connectivity index (χ3v) is 5.19. The average molecular weight is 322 g/mol. The fraction of sp³-hybridized carbons (Fsp3) is 0.917. The molecule has 4 atom stereocenters. The minimum atomic E-state index is 0.0263. The Hall–Kier alpha value is 0.200. The molecule has 2 fully saturated rings. The van der Waals surface area contributed by atoms with E-state index in [4.69, 9.17) is 4.74 Å². The van der Waals surface area contributed by atoms with Gasteiger partial charge in [-0.1, -0.05) is 36.4 Å². The summed E-state index contributed by atoms with van der Waals surface area (Å²) in [6, 6.07) is 0. The first-order valence-corrected chi connectivity index (χ1v) is 7.35. The zero-order chi connectivity index (χ0) is 11.1. The lowest BCUT2D eigenvalue weighted by molar-refractivity contribution is -0.140. The predicted molar refractivity (Wildman–Crippen MR) is 68.0 cm³/mol. The van der Waals surface area contributed by atoms with Crippen LogP contribution in [0.25, 0.3) is 0 Å². The molecule has 86 valence electrons. The molecule has 0 aromatic rings. The van der Waals surface area contributed by atoms with Crippen LogP contribution in [0.5, 0.6) is 0 Å². The van der Waals surface area contributed by atoms with Crippen LogP contribution in [-0.2, 0) is 9.53 Å². The highest BCUT2D eigenvalue weighted by molar-refractivity contribution is 14.1. The Morgan fingerprint density at radius 2 is 2.20 bits per heavy atom. The summed E-state index contributed by atoms with van der Waals surface area (Å²) in [6.45, 7) is 4.65. The molecule has 1 saturated heterocycles. The summed E-state index contributed by atoms with van der Waals surface area (Å²) >= 11 is 2.35. The lowest BCUT2D eigenvalue weighted by Crippen LogP contribution is -2.39. The normalized spacial score (nSPS) is 45.8. The number of carbonyl (C=O) groups is 1. The Balaban J connectivity index is 2.15. The number of halogens is 1. The first-order chi connectivity index (χ1) is 7.07. The first kappa shape index (κ1) is 11.7. The van der Waals surface area contributed by atoms with Gasteiger partial charge in [-0.2, -0.15) is 0 Å². The van der Waals surface area contributed by atoms with E-state index in [-0.39, 0.29) is 17.5 Å². The molecule has 2 aliphatic rings. The van der Waals surface area contributed by atoms with E-state index >= 15 is 0 Å². The molecule has 0 aromatic heterocycles. The van der Waals surface area contributed by atoms with E-state index in [1.807, 2.05) is 0 Å². The van der Waals surface area contributed by atoms with Crippen molar-refractivity contribution >= 4 is 28.6 Å². The third kappa shape index (κ3) is 2.04. The number of hydrogen-bond acceptors (Lipinski definition) is 2. The standard InChI is InChI=1S/C12H19IO2/c1-8-3-4-12(5-9(8)2)6-11(14)15-10(12)7-13/h8-10H,3-7H2,1-2H3. The van der Waals surface area contributed by atoms with E-state index in [1.54, 1.807) is 0 Å². The Morgan fingerprint density at radius 1 is 1.47 bits per heavy atom. The highest BCUT2D eigenvalue weighted by Crippen LogP contribution is 2.51. The molecule has 2 nitrogen and oxygen atoms in total. The number of hydrogen-bond donors (Lipinski definition) is 0. The number of ether oxygens (including phenoxy) is 1. The highest BCUT2D eigenvalue weighted by atomic mass is 127. The van der Waals surface area contributed by atoms with Gasteiger partial charge in [0.25, 0.3) is 0 Å². The quantitative estimate of drug-likeness (QED) is 0.421. The lowest BCUT2D eigenvalue weighted by atomic mass is 9.63. The van der Waals surface area contributed by atoms with Crippen molar-refractivity contribution in [1.29, 1.82) is 0 Å². The fourth-order valence-electron chi connectivity index (χ4n) is 3.12. The van der Waals surface area contributed by atoms with Crippen LogP contribution >= 0.6 is 22.6 Å². The molecule has 0 N–H and O–H groups in total. The van der Waals surface area contributed by atoms with Crippen molar-refractivity contribution in [3.63, 3.8) is 0 Å². The number of carbonyl (C=O) groups excluding carboxylic acids is 1. The van der Waals surface area contributed by atoms with Gasteiger partial charge in [-0.05, 0) is 31.1 Å². The molecular weight excluding hydrogens is 303 g/mol. The molecule has 1 aliphatic carbocycles. The van der Waals surface area contributed by atoms with Crippen LogP contribution in [0.1, 0.15) is 39.5 Å². The van der Waals surface area contributed by atoms with E-state index in [2.05, 4.69) is 36.4 Å². The topological polar surface area (TPSA) is 26.3 Å². The van der Waals surface area contributed by atoms with Gasteiger partial charge in [0.2, 0.25) is 0 Å². The van der Waals surface area contributed by atoms with Crippen molar-refractivity contribution in [2.45, 2.75) is 45.6 Å². The minimum absolute atomic E-state index is 0.0263. The molecule has 2 rings (SSSR count). The molecule has 1 spiro atoms. The van der Waals surface area contributed by atoms with Gasteiger partial charge in [0.1, 0.15) is 6.10 Å². The van der Waals surface area contributed by atoms with Crippen molar-refractivity contribution in [3.8, 4) is 0 Å². The van der Waals surface area contributed by atoms with Gasteiger partial charge in [-0.3, -0.25) is 4.79 Å². The number of esters is 1. The zero-order valence-corrected chi connectivity index (χ0v) is 11.6. The highest BCUT2D eigenvalue weighted by Gasteiger charge is 2.51. The summed E-state index contributed by atoms with van der Waals surface area (Å²) in [5.41, 5.74) is 0.185. The van der Waals surface area contributed by atoms with Crippen molar-refractivity contribution in [2.75, 3.05) is 4.43 Å². The predicted octanol–water partition coefficient (Wildman–Crippen LogP) is 3.18. The Labute approximate surface area is 105 Å². The van der Waals surface area contributed by atoms with Gasteiger partial charge in [0.15, 0.2) is 0 Å². The Kier molecular flexibility index (Phi) is 3.29. The summed E-state index contributed by atoms with van der Waals surface area (Å²) in [4.78, 5) is 11.4. The third-order valence-electron chi connectivity index (χ3n) is 4.39. The van der Waals surface area contributed by atoms with Gasteiger partial charge >= 0.3 is 5.97 Å². The van der Waals surface area contributed by atoms with Crippen molar-refractivity contribution in [3.05, 3.63) is 0 Å². The molecule has 0 radical (unpaired) electrons. The summed E-state index contributed by atoms with van der Waals surface area (Å²) in [6.07, 6.45) is 4.45. The van der Waals surface area contributed by atoms with Gasteiger partial charge < -0.3 is 4.74 Å². The largest absolute Gasteiger partial charge is 0.461 e. The second-order valence-electron chi connectivity index (χ2n) is 5.37. The summed E-state index contributed by atoms with van der Waals surface area (Å²) in [5.74, 6) is 1.57. The molecule has 1 heterocycles. The van der Waals surface area contributed by atoms with Crippen molar-refractivity contribution in [1.82, 2.24) is 0 Å². The molecule has 15 heavy (non-hydrogen) atoms. The fourth-order valence-corrected chi connectivity index (χ4v) is 4.23. The number of rotatable bonds is 1. The molecule has 3 heteroatoms. The maximum atomic E-state index is 11.4. The van der Waals surface area contributed by atoms with E-state index < -0.39 is 0 Å². The average Bonchev–Trinajstić information content (AvgIpc) is 2.49. The first-order valence-electron chi connectivity index (χ1n) is 5.83. The van der Waals surface area contributed by atoms with E-state index in [1.165, 1.54) is 19.3 Å². The molecule has 0 bridgehead atoms. The maximum absolute atomic E-state index is 11.4. The molecule has 1 saturated carbocycles. The Morgan fingerprint density at radius 3 is 2.80 bits per heavy atom. The van der Waals surface area contributed by atoms with E-state index in [0.717, 1.165) is 16.3 Å². The van der Waals surface area contributed by atoms with Gasteiger partial charge in [-0.25, -0.2) is 0 Å². The summed E-state index contributed by atoms with van der Waals surface area (Å²) < 4.78 is 6.39. The summed E-state index contributed by atoms with van der Waals surface area (Å²) in [5, 5.41) is 0. The van der Waals surface area contributed by atoms with Gasteiger partial charge in [0.05, 0.1) is 6.42 Å².